The quantitative estimate of drug-likeness (QED) is 0.266. The lowest BCUT2D eigenvalue weighted by Crippen LogP contribution is -2.34. The molecule has 0 bridgehead atoms. The van der Waals surface area contributed by atoms with Gasteiger partial charge in [-0.15, -0.1) is 0 Å². The summed E-state index contributed by atoms with van der Waals surface area (Å²) < 4.78 is 0. The molecule has 0 aliphatic carbocycles. The van der Waals surface area contributed by atoms with E-state index in [1.807, 2.05) is 19.1 Å². The van der Waals surface area contributed by atoms with E-state index in [0.29, 0.717) is 5.56 Å². The Kier molecular flexibility index (Phi) is 6.97. The maximum Gasteiger partial charge on any atom is 0.251 e. The van der Waals surface area contributed by atoms with Crippen LogP contribution in [0.1, 0.15) is 39.1 Å². The average Bonchev–Trinajstić information content (AvgIpc) is 2.67. The summed E-state index contributed by atoms with van der Waals surface area (Å²) in [5.41, 5.74) is 1.57. The number of carbonyl (C=O) groups is 3. The summed E-state index contributed by atoms with van der Waals surface area (Å²) in [5, 5.41) is 33.2. The number of aryl methyl sites for hydroxylation is 1. The molecule has 0 saturated heterocycles. The van der Waals surface area contributed by atoms with E-state index in [1.165, 1.54) is 0 Å². The van der Waals surface area contributed by atoms with E-state index in [2.05, 4.69) is 10.6 Å². The van der Waals surface area contributed by atoms with Gasteiger partial charge in [-0.1, -0.05) is 29.8 Å². The molecule has 5 N–H and O–H groups in total. The van der Waals surface area contributed by atoms with Crippen molar-refractivity contribution in [3.05, 3.63) is 53.1 Å². The van der Waals surface area contributed by atoms with Crippen molar-refractivity contribution >= 4 is 17.6 Å². The van der Waals surface area contributed by atoms with Gasteiger partial charge in [-0.2, -0.15) is 0 Å². The van der Waals surface area contributed by atoms with Crippen molar-refractivity contribution in [3.63, 3.8) is 0 Å². The molecular formula is C20H22N2O6. The normalized spacial score (nSPS) is 10.3. The molecule has 0 spiro atoms. The lowest BCUT2D eigenvalue weighted by Gasteiger charge is -2.08. The highest BCUT2D eigenvalue weighted by molar-refractivity contribution is 5.98. The molecule has 0 aromatic heterocycles. The fraction of sp³-hybridized carbons (Fsp3) is 0.250. The molecule has 0 saturated carbocycles. The van der Waals surface area contributed by atoms with Gasteiger partial charge in [-0.05, 0) is 19.1 Å². The number of phenolic OH excluding ortho intramolecular Hbond substituents is 3. The second-order valence-corrected chi connectivity index (χ2v) is 6.26. The van der Waals surface area contributed by atoms with Gasteiger partial charge in [0, 0.05) is 37.1 Å². The van der Waals surface area contributed by atoms with Crippen LogP contribution >= 0.6 is 0 Å². The van der Waals surface area contributed by atoms with Crippen LogP contribution in [0, 0.1) is 6.92 Å². The largest absolute Gasteiger partial charge is 0.504 e. The molecule has 8 nitrogen and oxygen atoms in total. The maximum atomic E-state index is 12.0. The van der Waals surface area contributed by atoms with E-state index in [4.69, 9.17) is 0 Å². The highest BCUT2D eigenvalue weighted by Gasteiger charge is 2.13. The fourth-order valence-corrected chi connectivity index (χ4v) is 2.41. The predicted octanol–water partition coefficient (Wildman–Crippen LogP) is 1.62. The first-order valence-corrected chi connectivity index (χ1v) is 8.67. The zero-order chi connectivity index (χ0) is 20.7. The van der Waals surface area contributed by atoms with Gasteiger partial charge < -0.3 is 26.0 Å². The van der Waals surface area contributed by atoms with Gasteiger partial charge >= 0.3 is 0 Å². The molecule has 0 unspecified atom stereocenters. The molecule has 8 heteroatoms. The molecular weight excluding hydrogens is 364 g/mol. The highest BCUT2D eigenvalue weighted by Crippen LogP contribution is 2.35. The lowest BCUT2D eigenvalue weighted by atomic mass is 10.1. The maximum absolute atomic E-state index is 12.0. The first-order chi connectivity index (χ1) is 13.3. The van der Waals surface area contributed by atoms with E-state index in [1.54, 1.807) is 12.1 Å². The number of aromatic hydroxyl groups is 3. The Morgan fingerprint density at radius 3 is 2.00 bits per heavy atom. The SMILES string of the molecule is Cc1ccc(C(=O)CCC(=O)NCCNC(=O)c2cc(O)c(O)c(O)c2)cc1. The number of benzene rings is 2. The van der Waals surface area contributed by atoms with Crippen molar-refractivity contribution < 1.29 is 29.7 Å². The average molecular weight is 386 g/mol. The molecule has 2 aromatic rings. The van der Waals surface area contributed by atoms with E-state index in [0.717, 1.165) is 17.7 Å². The van der Waals surface area contributed by atoms with Crippen molar-refractivity contribution in [2.45, 2.75) is 19.8 Å². The van der Waals surface area contributed by atoms with Crippen LogP contribution in [-0.4, -0.2) is 46.0 Å². The van der Waals surface area contributed by atoms with Gasteiger partial charge in [0.25, 0.3) is 5.91 Å². The Morgan fingerprint density at radius 1 is 0.821 bits per heavy atom. The molecule has 0 heterocycles. The number of rotatable bonds is 8. The zero-order valence-corrected chi connectivity index (χ0v) is 15.4. The molecule has 2 amide bonds. The molecule has 0 aliphatic rings. The number of Topliss-reactive ketones (excluding diaryl/α,β-unsaturated/α-hetero) is 1. The molecule has 28 heavy (non-hydrogen) atoms. The topological polar surface area (TPSA) is 136 Å². The van der Waals surface area contributed by atoms with Gasteiger partial charge in [0.15, 0.2) is 23.0 Å². The first-order valence-electron chi connectivity index (χ1n) is 8.67. The summed E-state index contributed by atoms with van der Waals surface area (Å²) in [6.45, 7) is 2.19. The number of ketones is 1. The first kappa shape index (κ1) is 20.8. The van der Waals surface area contributed by atoms with E-state index < -0.39 is 23.2 Å². The number of amides is 2. The molecule has 148 valence electrons. The Morgan fingerprint density at radius 2 is 1.39 bits per heavy atom. The summed E-state index contributed by atoms with van der Waals surface area (Å²) in [6.07, 6.45) is 0.133. The highest BCUT2D eigenvalue weighted by atomic mass is 16.3. The molecule has 0 radical (unpaired) electrons. The minimum absolute atomic E-state index is 0.0391. The third kappa shape index (κ3) is 5.73. The van der Waals surface area contributed by atoms with E-state index in [9.17, 15) is 29.7 Å². The van der Waals surface area contributed by atoms with Crippen molar-refractivity contribution in [1.82, 2.24) is 10.6 Å². The van der Waals surface area contributed by atoms with Crippen LogP contribution in [-0.2, 0) is 4.79 Å². The smallest absolute Gasteiger partial charge is 0.251 e. The Labute approximate surface area is 161 Å². The van der Waals surface area contributed by atoms with Gasteiger partial charge in [0.05, 0.1) is 0 Å². The van der Waals surface area contributed by atoms with Crippen LogP contribution in [0.3, 0.4) is 0 Å². The Balaban J connectivity index is 1.70. The van der Waals surface area contributed by atoms with Gasteiger partial charge in [0.1, 0.15) is 0 Å². The fourth-order valence-electron chi connectivity index (χ4n) is 2.41. The zero-order valence-electron chi connectivity index (χ0n) is 15.4. The van der Waals surface area contributed by atoms with Crippen molar-refractivity contribution in [2.75, 3.05) is 13.1 Å². The second kappa shape index (κ2) is 9.40. The summed E-state index contributed by atoms with van der Waals surface area (Å²) >= 11 is 0. The molecule has 0 fully saturated rings. The number of hydrogen-bond donors (Lipinski definition) is 5. The predicted molar refractivity (Wildman–Crippen MR) is 102 cm³/mol. The Bertz CT molecular complexity index is 854. The molecule has 2 rings (SSSR count). The third-order valence-electron chi connectivity index (χ3n) is 4.02. The van der Waals surface area contributed by atoms with Crippen molar-refractivity contribution in [1.29, 1.82) is 0 Å². The minimum atomic E-state index is -0.705. The summed E-state index contributed by atoms with van der Waals surface area (Å²) in [6, 6.07) is 9.15. The van der Waals surface area contributed by atoms with E-state index in [-0.39, 0.29) is 43.2 Å². The van der Waals surface area contributed by atoms with Crippen LogP contribution < -0.4 is 10.6 Å². The van der Waals surface area contributed by atoms with Gasteiger partial charge in [0.2, 0.25) is 5.91 Å². The minimum Gasteiger partial charge on any atom is -0.504 e. The summed E-state index contributed by atoms with van der Waals surface area (Å²) in [7, 11) is 0. The molecule has 0 aliphatic heterocycles. The standard InChI is InChI=1S/C20H22N2O6/c1-12-2-4-13(5-3-12)15(23)6-7-18(26)21-8-9-22-20(28)14-10-16(24)19(27)17(25)11-14/h2-5,10-11,24-25,27H,6-9H2,1H3,(H,21,26)(H,22,28). The number of phenols is 3. The molecule has 2 aromatic carbocycles. The Hall–Kier alpha value is -3.55. The van der Waals surface area contributed by atoms with Crippen LogP contribution in [0.2, 0.25) is 0 Å². The number of hydrogen-bond acceptors (Lipinski definition) is 6. The number of nitrogens with one attached hydrogen (secondary N) is 2. The van der Waals surface area contributed by atoms with Crippen LogP contribution in [0.5, 0.6) is 17.2 Å². The molecule has 0 atom stereocenters. The van der Waals surface area contributed by atoms with Crippen molar-refractivity contribution in [3.8, 4) is 17.2 Å². The summed E-state index contributed by atoms with van der Waals surface area (Å²) in [5.74, 6) is -2.95. The summed E-state index contributed by atoms with van der Waals surface area (Å²) in [4.78, 5) is 35.8. The monoisotopic (exact) mass is 386 g/mol. The van der Waals surface area contributed by atoms with Crippen molar-refractivity contribution in [2.24, 2.45) is 0 Å². The number of carbonyl (C=O) groups excluding carboxylic acids is 3. The van der Waals surface area contributed by atoms with Gasteiger partial charge in [-0.25, -0.2) is 0 Å². The third-order valence-corrected chi connectivity index (χ3v) is 4.02. The lowest BCUT2D eigenvalue weighted by molar-refractivity contribution is -0.121. The second-order valence-electron chi connectivity index (χ2n) is 6.26. The van der Waals surface area contributed by atoms with Crippen LogP contribution in [0.4, 0.5) is 0 Å². The van der Waals surface area contributed by atoms with Gasteiger partial charge in [-0.3, -0.25) is 14.4 Å². The van der Waals surface area contributed by atoms with Crippen LogP contribution in [0.15, 0.2) is 36.4 Å². The van der Waals surface area contributed by atoms with Crippen LogP contribution in [0.25, 0.3) is 0 Å². The van der Waals surface area contributed by atoms with E-state index >= 15 is 0 Å².